The van der Waals surface area contributed by atoms with Gasteiger partial charge in [0.15, 0.2) is 0 Å². The Hall–Kier alpha value is -0.640. The molecule has 0 N–H and O–H groups in total. The summed E-state index contributed by atoms with van der Waals surface area (Å²) in [4.78, 5) is 13.5. The van der Waals surface area contributed by atoms with E-state index in [-0.39, 0.29) is 24.3 Å². The second-order valence-electron chi connectivity index (χ2n) is 6.15. The van der Waals surface area contributed by atoms with Crippen molar-refractivity contribution >= 4 is 5.97 Å². The number of piperidine rings is 1. The van der Waals surface area contributed by atoms with Gasteiger partial charge in [0.05, 0.1) is 6.61 Å². The number of carbonyl (C=O) groups excluding carboxylic acids is 1. The average molecular weight is 259 g/mol. The predicted molar refractivity (Wildman–Crippen MR) is 70.3 cm³/mol. The molecule has 0 bridgehead atoms. The predicted octanol–water partition coefficient (Wildman–Crippen LogP) is 2.93. The van der Waals surface area contributed by atoms with E-state index in [9.17, 15) is 9.18 Å². The molecule has 0 spiro atoms. The van der Waals surface area contributed by atoms with Gasteiger partial charge < -0.3 is 4.74 Å². The lowest BCUT2D eigenvalue weighted by atomic mass is 9.87. The molecule has 1 aliphatic heterocycles. The second kappa shape index (κ2) is 6.00. The van der Waals surface area contributed by atoms with Gasteiger partial charge in [0.25, 0.3) is 0 Å². The van der Waals surface area contributed by atoms with E-state index in [1.54, 1.807) is 6.92 Å². The minimum atomic E-state index is -1.24. The van der Waals surface area contributed by atoms with Gasteiger partial charge in [0.2, 0.25) is 0 Å². The largest absolute Gasteiger partial charge is 0.466 e. The second-order valence-corrected chi connectivity index (χ2v) is 6.15. The normalized spacial score (nSPS) is 26.1. The van der Waals surface area contributed by atoms with Crippen molar-refractivity contribution in [2.45, 2.75) is 64.6 Å². The zero-order valence-corrected chi connectivity index (χ0v) is 12.1. The Bertz CT molecular complexity index is 288. The summed E-state index contributed by atoms with van der Waals surface area (Å²) in [5.41, 5.74) is -1.25. The molecule has 0 unspecified atom stereocenters. The molecule has 0 radical (unpaired) electrons. The summed E-state index contributed by atoms with van der Waals surface area (Å²) in [6.45, 7) is 9.81. The first-order valence-electron chi connectivity index (χ1n) is 6.86. The molecular formula is C14H26FNO2. The van der Waals surface area contributed by atoms with Gasteiger partial charge in [-0.1, -0.05) is 0 Å². The van der Waals surface area contributed by atoms with Crippen LogP contribution in [0.5, 0.6) is 0 Å². The fourth-order valence-electron chi connectivity index (χ4n) is 2.42. The maximum Gasteiger partial charge on any atom is 0.305 e. The van der Waals surface area contributed by atoms with E-state index in [1.165, 1.54) is 0 Å². The fourth-order valence-corrected chi connectivity index (χ4v) is 2.42. The van der Waals surface area contributed by atoms with E-state index in [0.717, 1.165) is 13.0 Å². The summed E-state index contributed by atoms with van der Waals surface area (Å²) in [6, 6.07) is 0. The van der Waals surface area contributed by atoms with Crippen LogP contribution in [0.25, 0.3) is 0 Å². The highest BCUT2D eigenvalue weighted by Crippen LogP contribution is 2.33. The Balaban J connectivity index is 2.50. The fraction of sp³-hybridized carbons (Fsp3) is 0.929. The van der Waals surface area contributed by atoms with Gasteiger partial charge in [-0.25, -0.2) is 4.39 Å². The first kappa shape index (κ1) is 15.4. The molecule has 0 aromatic heterocycles. The Morgan fingerprint density at radius 1 is 1.44 bits per heavy atom. The standard InChI is InChI=1S/C14H26FNO2/c1-5-18-12(17)7-9-14(15)8-6-10-16(11-14)13(2,3)4/h5-11H2,1-4H3/t14-/m1/s1. The Labute approximate surface area is 110 Å². The summed E-state index contributed by atoms with van der Waals surface area (Å²) in [5.74, 6) is -0.289. The molecule has 0 aromatic rings. The smallest absolute Gasteiger partial charge is 0.305 e. The summed E-state index contributed by atoms with van der Waals surface area (Å²) in [7, 11) is 0. The van der Waals surface area contributed by atoms with E-state index in [4.69, 9.17) is 4.74 Å². The lowest BCUT2D eigenvalue weighted by Crippen LogP contribution is -2.53. The number of halogens is 1. The third kappa shape index (κ3) is 4.56. The minimum Gasteiger partial charge on any atom is -0.466 e. The van der Waals surface area contributed by atoms with Crippen molar-refractivity contribution in [1.29, 1.82) is 0 Å². The van der Waals surface area contributed by atoms with Crippen LogP contribution in [0, 0.1) is 0 Å². The van der Waals surface area contributed by atoms with Crippen molar-refractivity contribution in [3.8, 4) is 0 Å². The molecule has 18 heavy (non-hydrogen) atoms. The van der Waals surface area contributed by atoms with Gasteiger partial charge in [-0.15, -0.1) is 0 Å². The highest BCUT2D eigenvalue weighted by atomic mass is 19.1. The lowest BCUT2D eigenvalue weighted by molar-refractivity contribution is -0.144. The molecule has 1 heterocycles. The zero-order chi connectivity index (χ0) is 13.8. The molecule has 1 aliphatic rings. The maximum atomic E-state index is 14.7. The van der Waals surface area contributed by atoms with Gasteiger partial charge in [0.1, 0.15) is 5.67 Å². The number of hydrogen-bond acceptors (Lipinski definition) is 3. The number of likely N-dealkylation sites (tertiary alicyclic amines) is 1. The van der Waals surface area contributed by atoms with Crippen LogP contribution in [0.4, 0.5) is 4.39 Å². The van der Waals surface area contributed by atoms with E-state index in [0.29, 0.717) is 19.6 Å². The molecule has 0 aliphatic carbocycles. The van der Waals surface area contributed by atoms with Crippen molar-refractivity contribution in [3.05, 3.63) is 0 Å². The molecule has 0 saturated carbocycles. The Morgan fingerprint density at radius 3 is 2.67 bits per heavy atom. The molecular weight excluding hydrogens is 233 g/mol. The van der Waals surface area contributed by atoms with E-state index >= 15 is 0 Å². The topological polar surface area (TPSA) is 29.5 Å². The van der Waals surface area contributed by atoms with Crippen LogP contribution < -0.4 is 0 Å². The maximum absolute atomic E-state index is 14.7. The van der Waals surface area contributed by atoms with Crippen molar-refractivity contribution < 1.29 is 13.9 Å². The number of carbonyl (C=O) groups is 1. The quantitative estimate of drug-likeness (QED) is 0.727. The molecule has 0 amide bonds. The summed E-state index contributed by atoms with van der Waals surface area (Å²) in [6.07, 6.45) is 1.87. The monoisotopic (exact) mass is 259 g/mol. The van der Waals surface area contributed by atoms with Crippen LogP contribution in [-0.2, 0) is 9.53 Å². The molecule has 3 nitrogen and oxygen atoms in total. The Morgan fingerprint density at radius 2 is 2.11 bits per heavy atom. The van der Waals surface area contributed by atoms with Crippen molar-refractivity contribution in [2.24, 2.45) is 0 Å². The highest BCUT2D eigenvalue weighted by molar-refractivity contribution is 5.69. The average Bonchev–Trinajstić information content (AvgIpc) is 2.26. The van der Waals surface area contributed by atoms with Gasteiger partial charge in [0, 0.05) is 18.5 Å². The van der Waals surface area contributed by atoms with Crippen LogP contribution in [-0.4, -0.2) is 41.8 Å². The number of rotatable bonds is 4. The minimum absolute atomic E-state index is 0.0122. The number of alkyl halides is 1. The first-order valence-corrected chi connectivity index (χ1v) is 6.86. The summed E-state index contributed by atoms with van der Waals surface area (Å²) < 4.78 is 19.6. The van der Waals surface area contributed by atoms with Gasteiger partial charge in [-0.3, -0.25) is 9.69 Å². The molecule has 1 fully saturated rings. The number of ether oxygens (including phenoxy) is 1. The van der Waals surface area contributed by atoms with Crippen LogP contribution >= 0.6 is 0 Å². The number of nitrogens with zero attached hydrogens (tertiary/aromatic N) is 1. The van der Waals surface area contributed by atoms with Gasteiger partial charge in [-0.2, -0.15) is 0 Å². The lowest BCUT2D eigenvalue weighted by Gasteiger charge is -2.44. The van der Waals surface area contributed by atoms with Gasteiger partial charge in [-0.05, 0) is 53.5 Å². The van der Waals surface area contributed by atoms with E-state index < -0.39 is 5.67 Å². The summed E-state index contributed by atoms with van der Waals surface area (Å²) in [5, 5.41) is 0. The molecule has 1 rings (SSSR count). The van der Waals surface area contributed by atoms with E-state index in [2.05, 4.69) is 25.7 Å². The van der Waals surface area contributed by atoms with Crippen LogP contribution in [0.1, 0.15) is 53.4 Å². The highest BCUT2D eigenvalue weighted by Gasteiger charge is 2.39. The zero-order valence-electron chi connectivity index (χ0n) is 12.1. The molecule has 1 atom stereocenters. The Kier molecular flexibility index (Phi) is 5.14. The van der Waals surface area contributed by atoms with Crippen molar-refractivity contribution in [1.82, 2.24) is 4.90 Å². The molecule has 4 heteroatoms. The van der Waals surface area contributed by atoms with E-state index in [1.807, 2.05) is 0 Å². The molecule has 1 saturated heterocycles. The number of esters is 1. The molecule has 0 aromatic carbocycles. The third-order valence-corrected chi connectivity index (χ3v) is 3.56. The number of hydrogen-bond donors (Lipinski definition) is 0. The van der Waals surface area contributed by atoms with Crippen LogP contribution in [0.3, 0.4) is 0 Å². The SMILES string of the molecule is CCOC(=O)CC[C@]1(F)CCCN(C(C)(C)C)C1. The van der Waals surface area contributed by atoms with Gasteiger partial charge >= 0.3 is 5.97 Å². The van der Waals surface area contributed by atoms with Crippen molar-refractivity contribution in [3.63, 3.8) is 0 Å². The van der Waals surface area contributed by atoms with Crippen LogP contribution in [0.15, 0.2) is 0 Å². The van der Waals surface area contributed by atoms with Crippen molar-refractivity contribution in [2.75, 3.05) is 19.7 Å². The van der Waals surface area contributed by atoms with Crippen LogP contribution in [0.2, 0.25) is 0 Å². The first-order chi connectivity index (χ1) is 8.27. The molecule has 106 valence electrons. The third-order valence-electron chi connectivity index (χ3n) is 3.56. The summed E-state index contributed by atoms with van der Waals surface area (Å²) >= 11 is 0.